The van der Waals surface area contributed by atoms with Crippen LogP contribution in [0.4, 0.5) is 13.2 Å². The van der Waals surface area contributed by atoms with Crippen LogP contribution in [0.1, 0.15) is 39.8 Å². The van der Waals surface area contributed by atoms with Crippen LogP contribution in [0, 0.1) is 13.8 Å². The molecule has 8 heteroatoms. The number of hydrogen-bond acceptors (Lipinski definition) is 4. The van der Waals surface area contributed by atoms with Gasteiger partial charge in [0.25, 0.3) is 5.91 Å². The van der Waals surface area contributed by atoms with Crippen molar-refractivity contribution >= 4 is 11.7 Å². The van der Waals surface area contributed by atoms with Gasteiger partial charge in [-0.2, -0.15) is 0 Å². The fourth-order valence-electron chi connectivity index (χ4n) is 2.56. The minimum atomic E-state index is -4.75. The Bertz CT molecular complexity index is 864. The van der Waals surface area contributed by atoms with E-state index in [9.17, 15) is 22.8 Å². The molecule has 1 aromatic carbocycles. The number of aryl methyl sites for hydroxylation is 2. The number of aromatic nitrogens is 1. The van der Waals surface area contributed by atoms with Crippen molar-refractivity contribution in [2.24, 2.45) is 0 Å². The van der Waals surface area contributed by atoms with E-state index >= 15 is 0 Å². The molecule has 1 aromatic heterocycles. The van der Waals surface area contributed by atoms with Crippen LogP contribution in [0.15, 0.2) is 30.3 Å². The molecule has 27 heavy (non-hydrogen) atoms. The first-order valence-electron chi connectivity index (χ1n) is 8.14. The van der Waals surface area contributed by atoms with Crippen LogP contribution in [-0.4, -0.2) is 23.0 Å². The lowest BCUT2D eigenvalue weighted by Gasteiger charge is -2.13. The number of carbonyl (C=O) groups is 2. The molecule has 0 saturated heterocycles. The number of carbonyl (C=O) groups excluding carboxylic acids is 2. The molecule has 0 radical (unpaired) electrons. The summed E-state index contributed by atoms with van der Waals surface area (Å²) in [6, 6.07) is 7.33. The highest BCUT2D eigenvalue weighted by Crippen LogP contribution is 2.26. The van der Waals surface area contributed by atoms with Crippen LogP contribution >= 0.6 is 0 Å². The van der Waals surface area contributed by atoms with Crippen molar-refractivity contribution in [2.75, 3.05) is 0 Å². The highest BCUT2D eigenvalue weighted by molar-refractivity contribution is 5.94. The van der Waals surface area contributed by atoms with Crippen molar-refractivity contribution in [3.05, 3.63) is 58.4 Å². The molecule has 0 unspecified atom stereocenters. The van der Waals surface area contributed by atoms with E-state index in [1.165, 1.54) is 32.0 Å². The number of alkyl halides is 3. The minimum absolute atomic E-state index is 0.0592. The Morgan fingerprint density at radius 2 is 1.85 bits per heavy atom. The number of halogens is 3. The Morgan fingerprint density at radius 3 is 2.44 bits per heavy atom. The molecule has 1 amide bonds. The lowest BCUT2D eigenvalue weighted by Crippen LogP contribution is -2.23. The highest BCUT2D eigenvalue weighted by Gasteiger charge is 2.31. The average molecular weight is 380 g/mol. The number of nitrogens with one attached hydrogen (secondary N) is 1. The van der Waals surface area contributed by atoms with Crippen LogP contribution in [0.2, 0.25) is 0 Å². The van der Waals surface area contributed by atoms with Gasteiger partial charge in [0.15, 0.2) is 0 Å². The van der Waals surface area contributed by atoms with Crippen LogP contribution in [-0.2, 0) is 17.8 Å². The molecular weight excluding hydrogens is 361 g/mol. The van der Waals surface area contributed by atoms with Gasteiger partial charge in [0.2, 0.25) is 0 Å². The minimum Gasteiger partial charge on any atom is -0.406 e. The summed E-state index contributed by atoms with van der Waals surface area (Å²) in [6.07, 6.45) is -4.61. The first kappa shape index (κ1) is 20.4. The lowest BCUT2D eigenvalue weighted by atomic mass is 10.1. The van der Waals surface area contributed by atoms with Crippen molar-refractivity contribution in [1.82, 2.24) is 10.3 Å². The van der Waals surface area contributed by atoms with Crippen molar-refractivity contribution in [1.29, 1.82) is 0 Å². The molecular formula is C19H19F3N2O3. The summed E-state index contributed by atoms with van der Waals surface area (Å²) in [4.78, 5) is 27.8. The number of nitrogens with zero attached hydrogens (tertiary/aromatic N) is 1. The Labute approximate surface area is 154 Å². The molecule has 144 valence electrons. The van der Waals surface area contributed by atoms with E-state index in [0.717, 1.165) is 0 Å². The normalized spacial score (nSPS) is 11.2. The van der Waals surface area contributed by atoms with Crippen molar-refractivity contribution in [2.45, 2.75) is 40.1 Å². The standard InChI is InChI=1S/C19H19F3N2O3/c1-11-6-14(4-5-17(11)27-19(20,21)22)10-23-18(26)15-7-12(2)24-16(9-15)8-13(3)25/h4-7,9H,8,10H2,1-3H3,(H,23,26). The molecule has 0 aliphatic rings. The largest absolute Gasteiger partial charge is 0.573 e. The van der Waals surface area contributed by atoms with E-state index < -0.39 is 6.36 Å². The van der Waals surface area contributed by atoms with E-state index in [-0.39, 0.29) is 30.4 Å². The summed E-state index contributed by atoms with van der Waals surface area (Å²) in [5.41, 5.74) is 2.43. The summed E-state index contributed by atoms with van der Waals surface area (Å²) < 4.78 is 40.8. The molecule has 0 fully saturated rings. The van der Waals surface area contributed by atoms with Gasteiger partial charge in [-0.05, 0) is 50.1 Å². The second kappa shape index (κ2) is 8.20. The zero-order valence-electron chi connectivity index (χ0n) is 15.1. The maximum absolute atomic E-state index is 12.4. The Hall–Kier alpha value is -2.90. The first-order valence-corrected chi connectivity index (χ1v) is 8.14. The number of rotatable bonds is 6. The molecule has 0 bridgehead atoms. The maximum Gasteiger partial charge on any atom is 0.573 e. The van der Waals surface area contributed by atoms with Gasteiger partial charge in [0.05, 0.1) is 0 Å². The summed E-state index contributed by atoms with van der Waals surface area (Å²) >= 11 is 0. The predicted octanol–water partition coefficient (Wildman–Crippen LogP) is 3.66. The van der Waals surface area contributed by atoms with Crippen molar-refractivity contribution < 1.29 is 27.5 Å². The van der Waals surface area contributed by atoms with Crippen LogP contribution in [0.5, 0.6) is 5.75 Å². The third-order valence-electron chi connectivity index (χ3n) is 3.62. The van der Waals surface area contributed by atoms with Crippen LogP contribution in [0.3, 0.4) is 0 Å². The number of Topliss-reactive ketones (excluding diaryl/α,β-unsaturated/α-hetero) is 1. The van der Waals surface area contributed by atoms with Gasteiger partial charge in [-0.3, -0.25) is 14.6 Å². The van der Waals surface area contributed by atoms with Gasteiger partial charge >= 0.3 is 6.36 Å². The third kappa shape index (κ3) is 6.40. The van der Waals surface area contributed by atoms with Gasteiger partial charge in [-0.25, -0.2) is 0 Å². The second-order valence-corrected chi connectivity index (χ2v) is 6.20. The van der Waals surface area contributed by atoms with E-state index in [2.05, 4.69) is 15.0 Å². The van der Waals surface area contributed by atoms with Gasteiger partial charge in [0.1, 0.15) is 11.5 Å². The van der Waals surface area contributed by atoms with Gasteiger partial charge in [0, 0.05) is 29.9 Å². The molecule has 2 rings (SSSR count). The summed E-state index contributed by atoms with van der Waals surface area (Å²) in [6.45, 7) is 4.80. The van der Waals surface area contributed by atoms with Crippen LogP contribution in [0.25, 0.3) is 0 Å². The Morgan fingerprint density at radius 1 is 1.15 bits per heavy atom. The van der Waals surface area contributed by atoms with E-state index in [0.29, 0.717) is 28.1 Å². The molecule has 0 aliphatic heterocycles. The van der Waals surface area contributed by atoms with Gasteiger partial charge in [-0.15, -0.1) is 13.2 Å². The quantitative estimate of drug-likeness (QED) is 0.831. The SMILES string of the molecule is CC(=O)Cc1cc(C(=O)NCc2ccc(OC(F)(F)F)c(C)c2)cc(C)n1. The number of ether oxygens (including phenoxy) is 1. The third-order valence-corrected chi connectivity index (χ3v) is 3.62. The lowest BCUT2D eigenvalue weighted by molar-refractivity contribution is -0.274. The van der Waals surface area contributed by atoms with Gasteiger partial charge in [-0.1, -0.05) is 12.1 Å². The second-order valence-electron chi connectivity index (χ2n) is 6.20. The number of ketones is 1. The van der Waals surface area contributed by atoms with Crippen molar-refractivity contribution in [3.8, 4) is 5.75 Å². The van der Waals surface area contributed by atoms with E-state index in [4.69, 9.17) is 0 Å². The maximum atomic E-state index is 12.4. The molecule has 0 spiro atoms. The Balaban J connectivity index is 2.06. The summed E-state index contributed by atoms with van der Waals surface area (Å²) in [5.74, 6) is -0.703. The zero-order valence-corrected chi connectivity index (χ0v) is 15.1. The molecule has 2 aromatic rings. The van der Waals surface area contributed by atoms with E-state index in [1.807, 2.05) is 0 Å². The zero-order chi connectivity index (χ0) is 20.2. The van der Waals surface area contributed by atoms with Crippen LogP contribution < -0.4 is 10.1 Å². The topological polar surface area (TPSA) is 68.3 Å². The molecule has 0 saturated carbocycles. The average Bonchev–Trinajstić information content (AvgIpc) is 2.52. The van der Waals surface area contributed by atoms with Crippen molar-refractivity contribution in [3.63, 3.8) is 0 Å². The highest BCUT2D eigenvalue weighted by atomic mass is 19.4. The molecule has 1 heterocycles. The van der Waals surface area contributed by atoms with Gasteiger partial charge < -0.3 is 10.1 Å². The molecule has 1 N–H and O–H groups in total. The Kier molecular flexibility index (Phi) is 6.20. The number of pyridine rings is 1. The van der Waals surface area contributed by atoms with E-state index in [1.54, 1.807) is 19.1 Å². The first-order chi connectivity index (χ1) is 12.5. The fourth-order valence-corrected chi connectivity index (χ4v) is 2.56. The molecule has 5 nitrogen and oxygen atoms in total. The number of benzene rings is 1. The number of amides is 1. The molecule has 0 aliphatic carbocycles. The molecule has 0 atom stereocenters. The number of hydrogen-bond donors (Lipinski definition) is 1. The summed E-state index contributed by atoms with van der Waals surface area (Å²) in [5, 5.41) is 2.70. The fraction of sp³-hybridized carbons (Fsp3) is 0.316. The smallest absolute Gasteiger partial charge is 0.406 e. The summed E-state index contributed by atoms with van der Waals surface area (Å²) in [7, 11) is 0. The monoisotopic (exact) mass is 380 g/mol. The predicted molar refractivity (Wildman–Crippen MR) is 92.4 cm³/mol.